The molecule has 1 unspecified atom stereocenters. The third-order valence-corrected chi connectivity index (χ3v) is 6.67. The van der Waals surface area contributed by atoms with Crippen molar-refractivity contribution in [1.29, 1.82) is 0 Å². The molecule has 5 rings (SSSR count). The summed E-state index contributed by atoms with van der Waals surface area (Å²) in [5, 5.41) is 12.4. The number of benzene rings is 3. The average Bonchev–Trinajstić information content (AvgIpc) is 3.26. The summed E-state index contributed by atoms with van der Waals surface area (Å²) >= 11 is 7.53. The zero-order chi connectivity index (χ0) is 23.5. The molecule has 0 bridgehead atoms. The second-order valence-corrected chi connectivity index (χ2v) is 9.25. The molecule has 0 radical (unpaired) electrons. The number of nitrogens with one attached hydrogen (secondary N) is 2. The smallest absolute Gasteiger partial charge is 0.255 e. The first-order valence-electron chi connectivity index (χ1n) is 10.8. The number of hydrogen-bond donors (Lipinski definition) is 2. The van der Waals surface area contributed by atoms with Crippen LogP contribution in [0.2, 0.25) is 5.02 Å². The number of nitrogens with zero attached hydrogens (tertiary/aromatic N) is 3. The summed E-state index contributed by atoms with van der Waals surface area (Å²) < 4.78 is 1.80. The van der Waals surface area contributed by atoms with Gasteiger partial charge in [0.05, 0.1) is 5.57 Å². The lowest BCUT2D eigenvalue weighted by Crippen LogP contribution is -2.31. The maximum absolute atomic E-state index is 13.4. The highest BCUT2D eigenvalue weighted by atomic mass is 35.5. The van der Waals surface area contributed by atoms with Crippen LogP contribution in [-0.4, -0.2) is 20.7 Å². The Bertz CT molecular complexity index is 1340. The van der Waals surface area contributed by atoms with Crippen molar-refractivity contribution >= 4 is 40.9 Å². The van der Waals surface area contributed by atoms with Crippen LogP contribution in [0.1, 0.15) is 24.1 Å². The third-order valence-electron chi connectivity index (χ3n) is 5.51. The number of halogens is 1. The first kappa shape index (κ1) is 22.3. The second kappa shape index (κ2) is 9.75. The van der Waals surface area contributed by atoms with Gasteiger partial charge in [-0.15, -0.1) is 5.10 Å². The molecule has 170 valence electrons. The van der Waals surface area contributed by atoms with Crippen LogP contribution in [0, 0.1) is 0 Å². The van der Waals surface area contributed by atoms with Gasteiger partial charge in [-0.1, -0.05) is 84.0 Å². The van der Waals surface area contributed by atoms with E-state index in [1.807, 2.05) is 91.9 Å². The van der Waals surface area contributed by atoms with Gasteiger partial charge in [0, 0.05) is 22.2 Å². The van der Waals surface area contributed by atoms with Gasteiger partial charge in [0.15, 0.2) is 0 Å². The minimum atomic E-state index is -0.404. The van der Waals surface area contributed by atoms with E-state index in [0.29, 0.717) is 27.5 Å². The van der Waals surface area contributed by atoms with E-state index in [1.165, 1.54) is 11.8 Å². The van der Waals surface area contributed by atoms with Gasteiger partial charge in [0.2, 0.25) is 11.1 Å². The summed E-state index contributed by atoms with van der Waals surface area (Å²) in [7, 11) is 0. The zero-order valence-electron chi connectivity index (χ0n) is 18.4. The highest BCUT2D eigenvalue weighted by Crippen LogP contribution is 2.37. The number of fused-ring (bicyclic) bond motifs is 1. The van der Waals surface area contributed by atoms with Gasteiger partial charge >= 0.3 is 0 Å². The highest BCUT2D eigenvalue weighted by molar-refractivity contribution is 7.98. The first-order chi connectivity index (χ1) is 16.6. The van der Waals surface area contributed by atoms with Crippen molar-refractivity contribution in [3.63, 3.8) is 0 Å². The Labute approximate surface area is 207 Å². The molecular weight excluding hydrogens is 466 g/mol. The summed E-state index contributed by atoms with van der Waals surface area (Å²) in [6.45, 7) is 1.90. The van der Waals surface area contributed by atoms with Crippen LogP contribution in [0.3, 0.4) is 0 Å². The maximum atomic E-state index is 13.4. The molecule has 0 aliphatic carbocycles. The topological polar surface area (TPSA) is 71.8 Å². The molecule has 2 N–H and O–H groups in total. The van der Waals surface area contributed by atoms with Crippen LogP contribution in [0.15, 0.2) is 101 Å². The third kappa shape index (κ3) is 4.71. The number of anilines is 2. The fourth-order valence-corrected chi connectivity index (χ4v) is 4.79. The second-order valence-electron chi connectivity index (χ2n) is 7.87. The fraction of sp³-hybridized carbons (Fsp3) is 0.115. The quantitative estimate of drug-likeness (QED) is 0.319. The molecule has 34 heavy (non-hydrogen) atoms. The Balaban J connectivity index is 1.46. The number of carbonyl (C=O) groups excluding carboxylic acids is 1. The van der Waals surface area contributed by atoms with E-state index in [2.05, 4.69) is 10.6 Å². The molecule has 0 saturated carbocycles. The number of carbonyl (C=O) groups is 1. The number of para-hydroxylation sites is 1. The molecule has 8 heteroatoms. The zero-order valence-corrected chi connectivity index (χ0v) is 20.0. The summed E-state index contributed by atoms with van der Waals surface area (Å²) in [6.07, 6.45) is 0. The molecule has 6 nitrogen and oxygen atoms in total. The largest absolute Gasteiger partial charge is 0.328 e. The Hall–Kier alpha value is -3.55. The molecule has 0 spiro atoms. The van der Waals surface area contributed by atoms with Gasteiger partial charge < -0.3 is 10.6 Å². The molecule has 3 aromatic carbocycles. The number of amides is 1. The van der Waals surface area contributed by atoms with Crippen LogP contribution >= 0.6 is 23.4 Å². The van der Waals surface area contributed by atoms with Crippen LogP contribution < -0.4 is 10.6 Å². The Morgan fingerprint density at radius 2 is 1.71 bits per heavy atom. The minimum Gasteiger partial charge on any atom is -0.328 e. The van der Waals surface area contributed by atoms with E-state index in [0.717, 1.165) is 22.5 Å². The number of thioether (sulfide) groups is 1. The van der Waals surface area contributed by atoms with Gasteiger partial charge in [0.1, 0.15) is 6.04 Å². The molecule has 1 amide bonds. The number of hydrogen-bond acceptors (Lipinski definition) is 5. The SMILES string of the molecule is CC1=C(C(=O)Nc2ccccc2)C(c2ccccc2)n2nc(SCc3ccc(Cl)cc3)nc2N1. The lowest BCUT2D eigenvalue weighted by atomic mass is 9.95. The summed E-state index contributed by atoms with van der Waals surface area (Å²) in [5.74, 6) is 1.15. The number of rotatable bonds is 6. The average molecular weight is 488 g/mol. The Morgan fingerprint density at radius 1 is 1.03 bits per heavy atom. The molecule has 2 heterocycles. The van der Waals surface area contributed by atoms with Crippen molar-refractivity contribution in [3.05, 3.63) is 112 Å². The molecule has 0 fully saturated rings. The van der Waals surface area contributed by atoms with Crippen molar-refractivity contribution in [2.75, 3.05) is 10.6 Å². The van der Waals surface area contributed by atoms with Crippen LogP contribution in [0.5, 0.6) is 0 Å². The molecule has 1 aliphatic heterocycles. The first-order valence-corrected chi connectivity index (χ1v) is 12.2. The van der Waals surface area contributed by atoms with Crippen LogP contribution in [0.4, 0.5) is 11.6 Å². The van der Waals surface area contributed by atoms with Crippen molar-refractivity contribution < 1.29 is 4.79 Å². The van der Waals surface area contributed by atoms with E-state index in [9.17, 15) is 4.79 Å². The molecule has 1 aromatic heterocycles. The lowest BCUT2D eigenvalue weighted by molar-refractivity contribution is -0.113. The molecule has 0 saturated heterocycles. The molecule has 1 aliphatic rings. The molecular formula is C26H22ClN5OS. The minimum absolute atomic E-state index is 0.179. The van der Waals surface area contributed by atoms with Crippen molar-refractivity contribution in [1.82, 2.24) is 14.8 Å². The van der Waals surface area contributed by atoms with E-state index in [4.69, 9.17) is 21.7 Å². The van der Waals surface area contributed by atoms with Gasteiger partial charge in [-0.3, -0.25) is 4.79 Å². The monoisotopic (exact) mass is 487 g/mol. The molecule has 4 aromatic rings. The number of allylic oxidation sites excluding steroid dienone is 1. The van der Waals surface area contributed by atoms with Crippen molar-refractivity contribution in [2.24, 2.45) is 0 Å². The highest BCUT2D eigenvalue weighted by Gasteiger charge is 2.34. The fourth-order valence-electron chi connectivity index (χ4n) is 3.88. The summed E-state index contributed by atoms with van der Waals surface area (Å²) in [5.41, 5.74) is 4.18. The Morgan fingerprint density at radius 3 is 2.41 bits per heavy atom. The van der Waals surface area contributed by atoms with Crippen molar-refractivity contribution in [3.8, 4) is 0 Å². The summed E-state index contributed by atoms with van der Waals surface area (Å²) in [4.78, 5) is 18.1. The van der Waals surface area contributed by atoms with Gasteiger partial charge in [-0.2, -0.15) is 4.98 Å². The predicted molar refractivity (Wildman–Crippen MR) is 137 cm³/mol. The van der Waals surface area contributed by atoms with Crippen LogP contribution in [-0.2, 0) is 10.5 Å². The number of aromatic nitrogens is 3. The van der Waals surface area contributed by atoms with E-state index >= 15 is 0 Å². The molecule has 1 atom stereocenters. The van der Waals surface area contributed by atoms with E-state index < -0.39 is 6.04 Å². The van der Waals surface area contributed by atoms with Crippen LogP contribution in [0.25, 0.3) is 0 Å². The lowest BCUT2D eigenvalue weighted by Gasteiger charge is -2.28. The van der Waals surface area contributed by atoms with E-state index in [-0.39, 0.29) is 5.91 Å². The summed E-state index contributed by atoms with van der Waals surface area (Å²) in [6, 6.07) is 26.7. The van der Waals surface area contributed by atoms with Gasteiger partial charge in [-0.25, -0.2) is 4.68 Å². The van der Waals surface area contributed by atoms with Gasteiger partial charge in [0.25, 0.3) is 5.91 Å². The van der Waals surface area contributed by atoms with E-state index in [1.54, 1.807) is 4.68 Å². The maximum Gasteiger partial charge on any atom is 0.255 e. The normalized spacial score (nSPS) is 14.9. The van der Waals surface area contributed by atoms with Gasteiger partial charge in [-0.05, 0) is 42.3 Å². The Kier molecular flexibility index (Phi) is 6.38. The van der Waals surface area contributed by atoms with Crippen molar-refractivity contribution in [2.45, 2.75) is 23.9 Å². The standard InChI is InChI=1S/C26H22ClN5OS/c1-17-22(24(33)29-21-10-6-3-7-11-21)23(19-8-4-2-5-9-19)32-25(28-17)30-26(31-32)34-16-18-12-14-20(27)15-13-18/h2-15,23H,16H2,1H3,(H,29,33)(H,28,30,31). The predicted octanol–water partition coefficient (Wildman–Crippen LogP) is 6.15.